The molecular formula is C15H24N4. The molecule has 2 unspecified atom stereocenters. The summed E-state index contributed by atoms with van der Waals surface area (Å²) in [5.41, 5.74) is 5.89. The number of aromatic nitrogens is 2. The van der Waals surface area contributed by atoms with E-state index in [2.05, 4.69) is 29.1 Å². The molecule has 0 radical (unpaired) electrons. The molecule has 0 bridgehead atoms. The number of hydrogen-bond donors (Lipinski definition) is 2. The van der Waals surface area contributed by atoms with Gasteiger partial charge in [0.15, 0.2) is 0 Å². The van der Waals surface area contributed by atoms with E-state index in [1.165, 1.54) is 32.1 Å². The van der Waals surface area contributed by atoms with Crippen molar-refractivity contribution in [1.29, 1.82) is 0 Å². The molecule has 2 saturated carbocycles. The monoisotopic (exact) mass is 260 g/mol. The number of nitrogen functional groups attached to an aromatic ring is 1. The maximum Gasteiger partial charge on any atom is 0.136 e. The van der Waals surface area contributed by atoms with Gasteiger partial charge in [0, 0.05) is 18.0 Å². The molecule has 4 nitrogen and oxygen atoms in total. The van der Waals surface area contributed by atoms with Crippen molar-refractivity contribution in [2.45, 2.75) is 57.9 Å². The Morgan fingerprint density at radius 2 is 1.79 bits per heavy atom. The third kappa shape index (κ3) is 3.17. The van der Waals surface area contributed by atoms with E-state index in [1.54, 1.807) is 0 Å². The third-order valence-electron chi connectivity index (χ3n) is 4.24. The quantitative estimate of drug-likeness (QED) is 0.876. The zero-order valence-electron chi connectivity index (χ0n) is 11.9. The Morgan fingerprint density at radius 3 is 2.42 bits per heavy atom. The average molecular weight is 260 g/mol. The molecule has 0 spiro atoms. The first-order valence-corrected chi connectivity index (χ1v) is 7.51. The van der Waals surface area contributed by atoms with Crippen LogP contribution >= 0.6 is 0 Å². The van der Waals surface area contributed by atoms with Crippen LogP contribution in [0, 0.1) is 11.8 Å². The number of rotatable bonds is 3. The fraction of sp³-hybridized carbons (Fsp3) is 0.733. The van der Waals surface area contributed by atoms with Crippen molar-refractivity contribution in [2.24, 2.45) is 11.8 Å². The SMILES string of the molecule is CC1CC(C)CC(Nc2cc(N)nc(C3CC3)n2)C1. The van der Waals surface area contributed by atoms with Crippen LogP contribution in [-0.2, 0) is 0 Å². The molecule has 3 rings (SSSR count). The number of nitrogens with one attached hydrogen (secondary N) is 1. The number of nitrogens with two attached hydrogens (primary N) is 1. The second kappa shape index (κ2) is 4.99. The van der Waals surface area contributed by atoms with Crippen molar-refractivity contribution in [2.75, 3.05) is 11.1 Å². The van der Waals surface area contributed by atoms with Crippen LogP contribution in [0.5, 0.6) is 0 Å². The second-order valence-electron chi connectivity index (χ2n) is 6.57. The molecule has 1 heterocycles. The van der Waals surface area contributed by atoms with Crippen molar-refractivity contribution in [3.05, 3.63) is 11.9 Å². The van der Waals surface area contributed by atoms with Gasteiger partial charge >= 0.3 is 0 Å². The predicted octanol–water partition coefficient (Wildman–Crippen LogP) is 3.17. The van der Waals surface area contributed by atoms with E-state index in [0.29, 0.717) is 17.8 Å². The van der Waals surface area contributed by atoms with Crippen molar-refractivity contribution in [1.82, 2.24) is 9.97 Å². The van der Waals surface area contributed by atoms with Crippen LogP contribution in [0.1, 0.15) is 57.7 Å². The van der Waals surface area contributed by atoms with Gasteiger partial charge < -0.3 is 11.1 Å². The summed E-state index contributed by atoms with van der Waals surface area (Å²) in [5, 5.41) is 3.57. The van der Waals surface area contributed by atoms with Crippen molar-refractivity contribution < 1.29 is 0 Å². The number of nitrogens with zero attached hydrogens (tertiary/aromatic N) is 2. The molecule has 1 aromatic rings. The maximum absolute atomic E-state index is 5.89. The summed E-state index contributed by atoms with van der Waals surface area (Å²) in [6.07, 6.45) is 6.22. The van der Waals surface area contributed by atoms with Gasteiger partial charge in [-0.1, -0.05) is 13.8 Å². The van der Waals surface area contributed by atoms with Gasteiger partial charge in [-0.3, -0.25) is 0 Å². The van der Waals surface area contributed by atoms with Gasteiger partial charge in [0.1, 0.15) is 17.5 Å². The van der Waals surface area contributed by atoms with Gasteiger partial charge in [0.2, 0.25) is 0 Å². The van der Waals surface area contributed by atoms with Crippen molar-refractivity contribution in [3.8, 4) is 0 Å². The van der Waals surface area contributed by atoms with Gasteiger partial charge in [-0.15, -0.1) is 0 Å². The average Bonchev–Trinajstić information content (AvgIpc) is 3.09. The van der Waals surface area contributed by atoms with E-state index in [1.807, 2.05) is 6.07 Å². The topological polar surface area (TPSA) is 63.8 Å². The first-order valence-electron chi connectivity index (χ1n) is 7.51. The van der Waals surface area contributed by atoms with E-state index in [9.17, 15) is 0 Å². The van der Waals surface area contributed by atoms with E-state index in [0.717, 1.165) is 23.5 Å². The lowest BCUT2D eigenvalue weighted by Gasteiger charge is -2.32. The number of anilines is 2. The third-order valence-corrected chi connectivity index (χ3v) is 4.24. The molecular weight excluding hydrogens is 236 g/mol. The summed E-state index contributed by atoms with van der Waals surface area (Å²) in [4.78, 5) is 8.98. The lowest BCUT2D eigenvalue weighted by atomic mass is 9.80. The standard InChI is InChI=1S/C15H24N4/c1-9-5-10(2)7-12(6-9)17-14-8-13(16)18-15(19-14)11-3-4-11/h8-12H,3-7H2,1-2H3,(H3,16,17,18,19). The van der Waals surface area contributed by atoms with Gasteiger partial charge in [0.05, 0.1) is 0 Å². The zero-order valence-corrected chi connectivity index (χ0v) is 11.9. The van der Waals surface area contributed by atoms with Gasteiger partial charge in [-0.25, -0.2) is 9.97 Å². The summed E-state index contributed by atoms with van der Waals surface area (Å²) in [6, 6.07) is 2.40. The molecule has 0 saturated heterocycles. The van der Waals surface area contributed by atoms with Crippen molar-refractivity contribution >= 4 is 11.6 Å². The first kappa shape index (κ1) is 12.7. The lowest BCUT2D eigenvalue weighted by molar-refractivity contribution is 0.280. The van der Waals surface area contributed by atoms with Crippen LogP contribution in [0.25, 0.3) is 0 Å². The van der Waals surface area contributed by atoms with E-state index < -0.39 is 0 Å². The van der Waals surface area contributed by atoms with Crippen LogP contribution < -0.4 is 11.1 Å². The number of hydrogen-bond acceptors (Lipinski definition) is 4. The summed E-state index contributed by atoms with van der Waals surface area (Å²) < 4.78 is 0. The maximum atomic E-state index is 5.89. The molecule has 2 fully saturated rings. The van der Waals surface area contributed by atoms with Gasteiger partial charge in [-0.05, 0) is 43.9 Å². The Hall–Kier alpha value is -1.32. The second-order valence-corrected chi connectivity index (χ2v) is 6.57. The van der Waals surface area contributed by atoms with Crippen LogP contribution in [0.2, 0.25) is 0 Å². The fourth-order valence-corrected chi connectivity index (χ4v) is 3.36. The minimum Gasteiger partial charge on any atom is -0.384 e. The normalized spacial score (nSPS) is 31.2. The van der Waals surface area contributed by atoms with E-state index >= 15 is 0 Å². The van der Waals surface area contributed by atoms with Gasteiger partial charge in [0.25, 0.3) is 0 Å². The molecule has 0 aliphatic heterocycles. The Bertz CT molecular complexity index is 445. The highest BCUT2D eigenvalue weighted by Crippen LogP contribution is 2.39. The highest BCUT2D eigenvalue weighted by molar-refractivity contribution is 5.46. The molecule has 4 heteroatoms. The van der Waals surface area contributed by atoms with Crippen LogP contribution in [0.4, 0.5) is 11.6 Å². The first-order chi connectivity index (χ1) is 9.10. The summed E-state index contributed by atoms with van der Waals surface area (Å²) >= 11 is 0. The molecule has 1 aromatic heterocycles. The Kier molecular flexibility index (Phi) is 3.33. The zero-order chi connectivity index (χ0) is 13.4. The molecule has 2 atom stereocenters. The molecule has 0 aromatic carbocycles. The molecule has 19 heavy (non-hydrogen) atoms. The highest BCUT2D eigenvalue weighted by atomic mass is 15.1. The fourth-order valence-electron chi connectivity index (χ4n) is 3.36. The molecule has 104 valence electrons. The summed E-state index contributed by atoms with van der Waals surface area (Å²) in [6.45, 7) is 4.68. The Balaban J connectivity index is 1.71. The van der Waals surface area contributed by atoms with Crippen LogP contribution in [-0.4, -0.2) is 16.0 Å². The van der Waals surface area contributed by atoms with Crippen molar-refractivity contribution in [3.63, 3.8) is 0 Å². The lowest BCUT2D eigenvalue weighted by Crippen LogP contribution is -2.30. The minimum atomic E-state index is 0.528. The van der Waals surface area contributed by atoms with Crippen LogP contribution in [0.15, 0.2) is 6.07 Å². The minimum absolute atomic E-state index is 0.528. The molecule has 2 aliphatic carbocycles. The summed E-state index contributed by atoms with van der Waals surface area (Å²) in [7, 11) is 0. The summed E-state index contributed by atoms with van der Waals surface area (Å²) in [5.74, 6) is 4.58. The highest BCUT2D eigenvalue weighted by Gasteiger charge is 2.28. The predicted molar refractivity (Wildman–Crippen MR) is 78.0 cm³/mol. The van der Waals surface area contributed by atoms with Gasteiger partial charge in [-0.2, -0.15) is 0 Å². The molecule has 2 aliphatic rings. The molecule has 0 amide bonds. The van der Waals surface area contributed by atoms with E-state index in [-0.39, 0.29) is 0 Å². The van der Waals surface area contributed by atoms with Crippen LogP contribution in [0.3, 0.4) is 0 Å². The largest absolute Gasteiger partial charge is 0.384 e. The Morgan fingerprint density at radius 1 is 1.11 bits per heavy atom. The molecule has 3 N–H and O–H groups in total. The van der Waals surface area contributed by atoms with E-state index in [4.69, 9.17) is 5.73 Å². The Labute approximate surface area is 115 Å². The smallest absolute Gasteiger partial charge is 0.136 e.